The number of aliphatic carboxylic acids is 1. The smallest absolute Gasteiger partial charge is 0.372 e. The van der Waals surface area contributed by atoms with E-state index in [9.17, 15) is 9.59 Å². The van der Waals surface area contributed by atoms with Crippen LogP contribution in [0.15, 0.2) is 0 Å². The van der Waals surface area contributed by atoms with Crippen molar-refractivity contribution in [1.29, 1.82) is 0 Å². The van der Waals surface area contributed by atoms with Crippen LogP contribution in [0.4, 0.5) is 0 Å². The van der Waals surface area contributed by atoms with Crippen LogP contribution in [0.2, 0.25) is 0 Å². The summed E-state index contributed by atoms with van der Waals surface area (Å²) in [6.45, 7) is 3.10. The van der Waals surface area contributed by atoms with Crippen LogP contribution in [0.3, 0.4) is 0 Å². The van der Waals surface area contributed by atoms with Gasteiger partial charge in [-0.1, -0.05) is 13.8 Å². The molecular weight excluding hydrogens is 109 g/mol. The van der Waals surface area contributed by atoms with Gasteiger partial charge in [-0.05, 0) is 0 Å². The van der Waals surface area contributed by atoms with Gasteiger partial charge in [0.1, 0.15) is 0 Å². The molecule has 0 bridgehead atoms. The van der Waals surface area contributed by atoms with E-state index in [1.807, 2.05) is 0 Å². The van der Waals surface area contributed by atoms with Gasteiger partial charge in [0.15, 0.2) is 0 Å². The Hall–Kier alpha value is -0.860. The fraction of sp³-hybridized carbons (Fsp3) is 0.600. The predicted octanol–water partition coefficient (Wildman–Crippen LogP) is 0.296. The van der Waals surface area contributed by atoms with Crippen molar-refractivity contribution in [3.63, 3.8) is 0 Å². The highest BCUT2D eigenvalue weighted by molar-refractivity contribution is 6.33. The first-order chi connectivity index (χ1) is 3.55. The second-order valence-electron chi connectivity index (χ2n) is 1.82. The third-order valence-corrected chi connectivity index (χ3v) is 0.735. The van der Waals surface area contributed by atoms with Gasteiger partial charge in [-0.2, -0.15) is 0 Å². The maximum Gasteiger partial charge on any atom is 0.372 e. The number of Topliss-reactive ketones (excluding diaryl/α,β-unsaturated/α-hetero) is 1. The van der Waals surface area contributed by atoms with Crippen LogP contribution in [0.1, 0.15) is 13.8 Å². The monoisotopic (exact) mass is 117 g/mol. The van der Waals surface area contributed by atoms with E-state index in [2.05, 4.69) is 0 Å². The van der Waals surface area contributed by atoms with Crippen molar-refractivity contribution in [2.75, 3.05) is 0 Å². The maximum atomic E-state index is 10.2. The van der Waals surface area contributed by atoms with Crippen molar-refractivity contribution >= 4 is 11.8 Å². The average molecular weight is 117 g/mol. The summed E-state index contributed by atoms with van der Waals surface area (Å²) in [5.74, 6) is -2.47. The molecule has 0 aromatic carbocycles. The highest BCUT2D eigenvalue weighted by Gasteiger charge is 2.14. The molecule has 0 spiro atoms. The molecule has 0 radical (unpaired) electrons. The van der Waals surface area contributed by atoms with Crippen LogP contribution >= 0.6 is 0 Å². The van der Waals surface area contributed by atoms with E-state index in [0.717, 1.165) is 0 Å². The summed E-state index contributed by atoms with van der Waals surface area (Å²) in [5, 5.41) is 8.00. The third-order valence-electron chi connectivity index (χ3n) is 0.735. The predicted molar refractivity (Wildman–Crippen MR) is 27.5 cm³/mol. The zero-order chi connectivity index (χ0) is 6.73. The number of carboxylic acid groups (broad SMARTS) is 1. The summed E-state index contributed by atoms with van der Waals surface area (Å²) in [7, 11) is 0. The van der Waals surface area contributed by atoms with Gasteiger partial charge in [0.05, 0.1) is 0 Å². The SMILES string of the molecule is CC(C)C(=O)[13C](=O)O. The average Bonchev–Trinajstić information content (AvgIpc) is 1.64. The van der Waals surface area contributed by atoms with Crippen molar-refractivity contribution in [3.8, 4) is 0 Å². The molecule has 1 N–H and O–H groups in total. The molecular formula is C5H8O3. The molecule has 0 aromatic heterocycles. The minimum absolute atomic E-state index is 0.396. The summed E-state index contributed by atoms with van der Waals surface area (Å²) in [5.41, 5.74) is 0. The van der Waals surface area contributed by atoms with Gasteiger partial charge in [0, 0.05) is 5.92 Å². The highest BCUT2D eigenvalue weighted by atomic mass is 16.5. The Bertz CT molecular complexity index is 115. The lowest BCUT2D eigenvalue weighted by atomic mass is 10.2. The van der Waals surface area contributed by atoms with Gasteiger partial charge < -0.3 is 5.11 Å². The van der Waals surface area contributed by atoms with Gasteiger partial charge in [-0.25, -0.2) is 4.79 Å². The van der Waals surface area contributed by atoms with Crippen LogP contribution in [-0.4, -0.2) is 16.9 Å². The molecule has 0 heterocycles. The molecule has 0 aliphatic heterocycles. The Morgan fingerprint density at radius 2 is 1.75 bits per heavy atom. The minimum Gasteiger partial charge on any atom is -0.475 e. The van der Waals surface area contributed by atoms with E-state index in [1.54, 1.807) is 13.8 Å². The number of rotatable bonds is 2. The Labute approximate surface area is 47.3 Å². The summed E-state index contributed by atoms with van der Waals surface area (Å²) < 4.78 is 0. The number of hydrogen-bond acceptors (Lipinski definition) is 2. The lowest BCUT2D eigenvalue weighted by Gasteiger charge is -1.93. The molecule has 0 unspecified atom stereocenters. The summed E-state index contributed by atoms with van der Waals surface area (Å²) in [4.78, 5) is 20.0. The summed E-state index contributed by atoms with van der Waals surface area (Å²) >= 11 is 0. The van der Waals surface area contributed by atoms with Gasteiger partial charge in [-0.3, -0.25) is 4.79 Å². The largest absolute Gasteiger partial charge is 0.475 e. The summed E-state index contributed by atoms with van der Waals surface area (Å²) in [6, 6.07) is 0. The van der Waals surface area contributed by atoms with Crippen LogP contribution < -0.4 is 0 Å². The molecule has 0 saturated heterocycles. The number of hydrogen-bond donors (Lipinski definition) is 1. The first kappa shape index (κ1) is 7.14. The van der Waals surface area contributed by atoms with Gasteiger partial charge in [0.25, 0.3) is 0 Å². The molecule has 3 heteroatoms. The van der Waals surface area contributed by atoms with Crippen LogP contribution in [-0.2, 0) is 9.59 Å². The van der Waals surface area contributed by atoms with E-state index in [-0.39, 0.29) is 0 Å². The van der Waals surface area contributed by atoms with Gasteiger partial charge >= 0.3 is 5.97 Å². The van der Waals surface area contributed by atoms with Gasteiger partial charge in [0.2, 0.25) is 5.78 Å². The minimum atomic E-state index is -1.35. The van der Waals surface area contributed by atoms with Crippen molar-refractivity contribution < 1.29 is 14.7 Å². The molecule has 0 aromatic rings. The molecule has 0 aliphatic rings. The first-order valence-electron chi connectivity index (χ1n) is 2.33. The molecule has 0 aliphatic carbocycles. The number of carboxylic acids is 1. The van der Waals surface area contributed by atoms with Crippen LogP contribution in [0.25, 0.3) is 0 Å². The number of ketones is 1. The second kappa shape index (κ2) is 2.45. The first-order valence-corrected chi connectivity index (χ1v) is 2.33. The lowest BCUT2D eigenvalue weighted by molar-refractivity contribution is -0.150. The second-order valence-corrected chi connectivity index (χ2v) is 1.82. The fourth-order valence-corrected chi connectivity index (χ4v) is 0.247. The molecule has 0 fully saturated rings. The van der Waals surface area contributed by atoms with Gasteiger partial charge in [-0.15, -0.1) is 0 Å². The normalized spacial score (nSPS) is 9.38. The standard InChI is InChI=1S/C5H8O3/c1-3(2)4(6)5(7)8/h3H,1-2H3,(H,7,8)/i5+1. The Kier molecular flexibility index (Phi) is 2.19. The van der Waals surface area contributed by atoms with E-state index < -0.39 is 17.7 Å². The molecule has 46 valence electrons. The number of carbonyl (C=O) groups excluding carboxylic acids is 1. The van der Waals surface area contributed by atoms with Crippen molar-refractivity contribution in [2.45, 2.75) is 13.8 Å². The van der Waals surface area contributed by atoms with Crippen molar-refractivity contribution in [2.24, 2.45) is 5.92 Å². The van der Waals surface area contributed by atoms with Crippen LogP contribution in [0.5, 0.6) is 0 Å². The molecule has 0 rings (SSSR count). The molecule has 0 atom stereocenters. The fourth-order valence-electron chi connectivity index (χ4n) is 0.247. The van der Waals surface area contributed by atoms with E-state index in [1.165, 1.54) is 0 Å². The van der Waals surface area contributed by atoms with Crippen molar-refractivity contribution in [1.82, 2.24) is 0 Å². The Morgan fingerprint density at radius 1 is 1.38 bits per heavy atom. The summed E-state index contributed by atoms with van der Waals surface area (Å²) in [6.07, 6.45) is 0. The van der Waals surface area contributed by atoms with E-state index >= 15 is 0 Å². The third kappa shape index (κ3) is 1.73. The van der Waals surface area contributed by atoms with E-state index in [4.69, 9.17) is 5.11 Å². The lowest BCUT2D eigenvalue weighted by Crippen LogP contribution is -2.18. The highest BCUT2D eigenvalue weighted by Crippen LogP contribution is 1.92. The van der Waals surface area contributed by atoms with Crippen LogP contribution in [0, 0.1) is 5.92 Å². The molecule has 3 nitrogen and oxygen atoms in total. The van der Waals surface area contributed by atoms with Crippen molar-refractivity contribution in [3.05, 3.63) is 0 Å². The maximum absolute atomic E-state index is 10.2. The molecule has 8 heavy (non-hydrogen) atoms. The zero-order valence-corrected chi connectivity index (χ0v) is 4.84. The Morgan fingerprint density at radius 3 is 1.75 bits per heavy atom. The number of carbonyl (C=O) groups is 2. The molecule has 0 amide bonds. The zero-order valence-electron chi connectivity index (χ0n) is 4.84. The quantitative estimate of drug-likeness (QED) is 0.418. The topological polar surface area (TPSA) is 54.4 Å². The Balaban J connectivity index is 3.84. The molecule has 0 saturated carbocycles. The van der Waals surface area contributed by atoms with E-state index in [0.29, 0.717) is 0 Å².